The molecule has 2 heterocycles. The molecule has 3 atom stereocenters. The second-order valence-corrected chi connectivity index (χ2v) is 8.40. The minimum Gasteiger partial charge on any atom is -0.500 e. The maximum Gasteiger partial charge on any atom is 0.106 e. The number of hydrogen-bond donors (Lipinski definition) is 0. The third kappa shape index (κ3) is 3.46. The number of nitrogens with zero attached hydrogens (tertiary/aromatic N) is 2. The Balaban J connectivity index is 2.02. The molecule has 0 spiro atoms. The Kier molecular flexibility index (Phi) is 5.91. The molecule has 3 aromatic rings. The Morgan fingerprint density at radius 1 is 1.16 bits per heavy atom. The van der Waals surface area contributed by atoms with E-state index in [9.17, 15) is 0 Å². The lowest BCUT2D eigenvalue weighted by Crippen LogP contribution is -2.36. The number of fused-ring (bicyclic) bond motifs is 3. The van der Waals surface area contributed by atoms with Crippen molar-refractivity contribution in [3.63, 3.8) is 0 Å². The molecular weight excluding hydrogens is 388 g/mol. The number of rotatable bonds is 7. The molecule has 0 amide bonds. The van der Waals surface area contributed by atoms with Crippen molar-refractivity contribution >= 4 is 21.8 Å². The van der Waals surface area contributed by atoms with Crippen molar-refractivity contribution in [3.8, 4) is 0 Å². The lowest BCUT2D eigenvalue weighted by molar-refractivity contribution is 0.0180. The van der Waals surface area contributed by atoms with Crippen LogP contribution in [0, 0.1) is 6.92 Å². The minimum absolute atomic E-state index is 0.0927. The molecular formula is C26H32N2O3. The molecule has 0 saturated carbocycles. The van der Waals surface area contributed by atoms with E-state index in [4.69, 9.17) is 19.2 Å². The van der Waals surface area contributed by atoms with Crippen molar-refractivity contribution in [2.24, 2.45) is 0 Å². The molecule has 0 bridgehead atoms. The van der Waals surface area contributed by atoms with Crippen molar-refractivity contribution in [3.05, 3.63) is 65.7 Å². The molecule has 0 saturated heterocycles. The summed E-state index contributed by atoms with van der Waals surface area (Å²) >= 11 is 0. The third-order valence-corrected chi connectivity index (χ3v) is 6.66. The average molecular weight is 421 g/mol. The average Bonchev–Trinajstić information content (AvgIpc) is 3.23. The molecule has 0 aliphatic heterocycles. The molecule has 1 aliphatic carbocycles. The minimum atomic E-state index is -0.525. The van der Waals surface area contributed by atoms with Crippen LogP contribution in [0.3, 0.4) is 0 Å². The summed E-state index contributed by atoms with van der Waals surface area (Å²) in [6.45, 7) is 7.06. The van der Waals surface area contributed by atoms with Gasteiger partial charge in [0.2, 0.25) is 0 Å². The van der Waals surface area contributed by atoms with Gasteiger partial charge in [-0.05, 0) is 38.0 Å². The fourth-order valence-corrected chi connectivity index (χ4v) is 4.90. The number of hydrogen-bond acceptors (Lipinski definition) is 4. The quantitative estimate of drug-likeness (QED) is 0.493. The molecule has 0 N–H and O–H groups in total. The normalized spacial score (nSPS) is 22.1. The molecule has 1 aliphatic rings. The summed E-state index contributed by atoms with van der Waals surface area (Å²) in [6.07, 6.45) is 9.28. The first kappa shape index (κ1) is 21.6. The summed E-state index contributed by atoms with van der Waals surface area (Å²) in [7, 11) is 5.23. The first-order valence-corrected chi connectivity index (χ1v) is 10.9. The highest BCUT2D eigenvalue weighted by Gasteiger charge is 2.40. The summed E-state index contributed by atoms with van der Waals surface area (Å²) in [5, 5.41) is 2.32. The smallest absolute Gasteiger partial charge is 0.106 e. The molecule has 0 radical (unpaired) electrons. The largest absolute Gasteiger partial charge is 0.500 e. The van der Waals surface area contributed by atoms with Crippen molar-refractivity contribution < 1.29 is 14.2 Å². The molecule has 5 heteroatoms. The maximum atomic E-state index is 5.98. The molecule has 164 valence electrons. The second-order valence-electron chi connectivity index (χ2n) is 8.40. The number of aromatic nitrogens is 2. The van der Waals surface area contributed by atoms with Gasteiger partial charge in [0.1, 0.15) is 5.76 Å². The lowest BCUT2D eigenvalue weighted by atomic mass is 9.78. The summed E-state index contributed by atoms with van der Waals surface area (Å²) in [4.78, 5) is 5.09. The van der Waals surface area contributed by atoms with Crippen LogP contribution in [0.2, 0.25) is 0 Å². The van der Waals surface area contributed by atoms with Crippen LogP contribution < -0.4 is 0 Å². The van der Waals surface area contributed by atoms with Crippen molar-refractivity contribution in [1.82, 2.24) is 9.55 Å². The van der Waals surface area contributed by atoms with E-state index in [0.29, 0.717) is 6.61 Å². The SMILES string of the molecule is CCC(COC)n1ccc2c(C)nc3c(C4C(OC)=CC=CC4(C)OC)cccc3c21. The van der Waals surface area contributed by atoms with Crippen LogP contribution in [0.4, 0.5) is 0 Å². The standard InChI is InChI=1S/C26H32N2O3/c1-7-18(16-29-4)28-15-13-19-17(2)27-24-20(10-8-11-21(24)25(19)28)23-22(30-5)12-9-14-26(23,3)31-6/h8-15,18,23H,7,16H2,1-6H3. The topological polar surface area (TPSA) is 45.5 Å². The van der Waals surface area contributed by atoms with Gasteiger partial charge < -0.3 is 18.8 Å². The third-order valence-electron chi connectivity index (χ3n) is 6.66. The van der Waals surface area contributed by atoms with Gasteiger partial charge in [-0.1, -0.05) is 37.3 Å². The maximum absolute atomic E-state index is 5.98. The van der Waals surface area contributed by atoms with Gasteiger partial charge in [-0.3, -0.25) is 4.98 Å². The summed E-state index contributed by atoms with van der Waals surface area (Å²) in [6, 6.07) is 8.87. The van der Waals surface area contributed by atoms with Gasteiger partial charge in [0, 0.05) is 36.9 Å². The predicted molar refractivity (Wildman–Crippen MR) is 126 cm³/mol. The zero-order chi connectivity index (χ0) is 22.2. The highest BCUT2D eigenvalue weighted by molar-refractivity contribution is 6.06. The Hall–Kier alpha value is -2.63. The fraction of sp³-hybridized carbons (Fsp3) is 0.423. The van der Waals surface area contributed by atoms with Gasteiger partial charge in [0.25, 0.3) is 0 Å². The van der Waals surface area contributed by atoms with Crippen LogP contribution in [0.5, 0.6) is 0 Å². The van der Waals surface area contributed by atoms with Crippen LogP contribution in [-0.2, 0) is 14.2 Å². The second kappa shape index (κ2) is 8.48. The number of methoxy groups -OCH3 is 3. The number of ether oxygens (including phenoxy) is 3. The first-order valence-electron chi connectivity index (χ1n) is 10.9. The van der Waals surface area contributed by atoms with E-state index in [0.717, 1.165) is 34.3 Å². The van der Waals surface area contributed by atoms with Gasteiger partial charge in [0.05, 0.1) is 42.3 Å². The molecule has 0 fully saturated rings. The number of pyridine rings is 1. The first-order chi connectivity index (χ1) is 15.0. The Morgan fingerprint density at radius 2 is 1.97 bits per heavy atom. The van der Waals surface area contributed by atoms with E-state index >= 15 is 0 Å². The highest BCUT2D eigenvalue weighted by atomic mass is 16.5. The number of benzene rings is 1. The number of para-hydroxylation sites is 1. The van der Waals surface area contributed by atoms with Gasteiger partial charge in [-0.2, -0.15) is 0 Å². The Bertz CT molecular complexity index is 1160. The van der Waals surface area contributed by atoms with Crippen LogP contribution in [0.15, 0.2) is 54.4 Å². The zero-order valence-corrected chi connectivity index (χ0v) is 19.3. The van der Waals surface area contributed by atoms with Crippen LogP contribution in [-0.4, -0.2) is 43.1 Å². The predicted octanol–water partition coefficient (Wildman–Crippen LogP) is 5.68. The summed E-state index contributed by atoms with van der Waals surface area (Å²) < 4.78 is 19.6. The van der Waals surface area contributed by atoms with Crippen LogP contribution >= 0.6 is 0 Å². The molecule has 2 aromatic heterocycles. The molecule has 5 nitrogen and oxygen atoms in total. The zero-order valence-electron chi connectivity index (χ0n) is 19.3. The summed E-state index contributed by atoms with van der Waals surface area (Å²) in [5.74, 6) is 0.782. The number of allylic oxidation sites excluding steroid dienone is 2. The summed E-state index contributed by atoms with van der Waals surface area (Å²) in [5.41, 5.74) is 3.81. The van der Waals surface area contributed by atoms with E-state index in [-0.39, 0.29) is 12.0 Å². The van der Waals surface area contributed by atoms with E-state index in [1.54, 1.807) is 21.3 Å². The van der Waals surface area contributed by atoms with Crippen LogP contribution in [0.25, 0.3) is 21.8 Å². The highest BCUT2D eigenvalue weighted by Crippen LogP contribution is 2.44. The molecule has 4 rings (SSSR count). The van der Waals surface area contributed by atoms with Gasteiger partial charge >= 0.3 is 0 Å². The lowest BCUT2D eigenvalue weighted by Gasteiger charge is -2.37. The van der Waals surface area contributed by atoms with Gasteiger partial charge in [-0.15, -0.1) is 0 Å². The monoisotopic (exact) mass is 420 g/mol. The van der Waals surface area contributed by atoms with Crippen molar-refractivity contribution in [1.29, 1.82) is 0 Å². The molecule has 1 aromatic carbocycles. The van der Waals surface area contributed by atoms with Crippen molar-refractivity contribution in [2.75, 3.05) is 27.9 Å². The van der Waals surface area contributed by atoms with E-state index < -0.39 is 5.60 Å². The van der Waals surface area contributed by atoms with E-state index in [2.05, 4.69) is 61.9 Å². The number of aryl methyl sites for hydroxylation is 1. The fourth-order valence-electron chi connectivity index (χ4n) is 4.90. The van der Waals surface area contributed by atoms with Gasteiger partial charge in [-0.25, -0.2) is 0 Å². The Morgan fingerprint density at radius 3 is 2.65 bits per heavy atom. The molecule has 3 unspecified atom stereocenters. The van der Waals surface area contributed by atoms with E-state index in [1.807, 2.05) is 12.2 Å². The van der Waals surface area contributed by atoms with Gasteiger partial charge in [0.15, 0.2) is 0 Å². The van der Waals surface area contributed by atoms with E-state index in [1.165, 1.54) is 10.9 Å². The van der Waals surface area contributed by atoms with Crippen molar-refractivity contribution in [2.45, 2.75) is 44.8 Å². The molecule has 31 heavy (non-hydrogen) atoms. The van der Waals surface area contributed by atoms with Crippen LogP contribution in [0.1, 0.15) is 43.5 Å². The Labute approximate surface area is 184 Å².